The number of rotatable bonds is 10. The van der Waals surface area contributed by atoms with Crippen LogP contribution in [0.25, 0.3) is 0 Å². The van der Waals surface area contributed by atoms with Gasteiger partial charge in [0.05, 0.1) is 4.90 Å². The quantitative estimate of drug-likeness (QED) is 0.462. The van der Waals surface area contributed by atoms with Gasteiger partial charge in [0, 0.05) is 31.6 Å². The van der Waals surface area contributed by atoms with Crippen LogP contribution in [0.4, 0.5) is 0 Å². The van der Waals surface area contributed by atoms with Gasteiger partial charge < -0.3 is 10.1 Å². The van der Waals surface area contributed by atoms with Crippen molar-refractivity contribution in [3.05, 3.63) is 29.8 Å². The molecule has 8 nitrogen and oxygen atoms in total. The van der Waals surface area contributed by atoms with Gasteiger partial charge in [0.25, 0.3) is 5.91 Å². The van der Waals surface area contributed by atoms with Crippen molar-refractivity contribution in [3.8, 4) is 0 Å². The normalized spacial score (nSPS) is 15.1. The third-order valence-electron chi connectivity index (χ3n) is 4.42. The summed E-state index contributed by atoms with van der Waals surface area (Å²) in [5.41, 5.74) is 0.434. The summed E-state index contributed by atoms with van der Waals surface area (Å²) in [6, 6.07) is 5.90. The average molecular weight is 410 g/mol. The van der Waals surface area contributed by atoms with E-state index in [-0.39, 0.29) is 42.0 Å². The first-order valence-corrected chi connectivity index (χ1v) is 10.6. The maximum absolute atomic E-state index is 12.5. The number of nitrogens with one attached hydrogen (secondary N) is 1. The third-order valence-corrected chi connectivity index (χ3v) is 6.30. The Bertz CT molecular complexity index is 830. The van der Waals surface area contributed by atoms with Crippen molar-refractivity contribution < 1.29 is 27.5 Å². The molecule has 28 heavy (non-hydrogen) atoms. The molecule has 1 aliphatic carbocycles. The Labute approximate surface area is 165 Å². The summed E-state index contributed by atoms with van der Waals surface area (Å²) in [6.07, 6.45) is 1.30. The van der Waals surface area contributed by atoms with Crippen LogP contribution in [0.1, 0.15) is 49.9 Å². The Hall–Kier alpha value is -2.26. The van der Waals surface area contributed by atoms with E-state index >= 15 is 0 Å². The highest BCUT2D eigenvalue weighted by Gasteiger charge is 2.27. The molecule has 1 aliphatic rings. The van der Waals surface area contributed by atoms with Crippen molar-refractivity contribution in [1.82, 2.24) is 9.62 Å². The highest BCUT2D eigenvalue weighted by Crippen LogP contribution is 2.19. The lowest BCUT2D eigenvalue weighted by molar-refractivity contribution is -0.155. The van der Waals surface area contributed by atoms with Gasteiger partial charge in [-0.15, -0.1) is 0 Å². The van der Waals surface area contributed by atoms with Crippen LogP contribution >= 0.6 is 0 Å². The molecule has 154 valence electrons. The van der Waals surface area contributed by atoms with E-state index in [1.807, 2.05) is 0 Å². The van der Waals surface area contributed by atoms with Crippen LogP contribution in [0.15, 0.2) is 29.2 Å². The van der Waals surface area contributed by atoms with E-state index in [4.69, 9.17) is 4.74 Å². The van der Waals surface area contributed by atoms with Gasteiger partial charge in [-0.25, -0.2) is 12.7 Å². The highest BCUT2D eigenvalue weighted by molar-refractivity contribution is 7.89. The number of hydrogen-bond donors (Lipinski definition) is 1. The summed E-state index contributed by atoms with van der Waals surface area (Å²) in [5, 5.41) is 2.76. The number of benzene rings is 1. The van der Waals surface area contributed by atoms with E-state index < -0.39 is 22.1 Å². The van der Waals surface area contributed by atoms with Gasteiger partial charge in [0.15, 0.2) is 11.9 Å². The van der Waals surface area contributed by atoms with Crippen molar-refractivity contribution in [2.75, 3.05) is 13.6 Å². The number of hydrogen-bond acceptors (Lipinski definition) is 6. The van der Waals surface area contributed by atoms with Crippen LogP contribution < -0.4 is 5.32 Å². The number of sulfonamides is 1. The molecule has 0 aliphatic heterocycles. The molecule has 1 N–H and O–H groups in total. The van der Waals surface area contributed by atoms with E-state index in [1.165, 1.54) is 45.2 Å². The summed E-state index contributed by atoms with van der Waals surface area (Å²) in [5.74, 6) is -1.00. The van der Waals surface area contributed by atoms with E-state index in [0.29, 0.717) is 5.56 Å². The molecule has 1 saturated carbocycles. The maximum Gasteiger partial charge on any atom is 0.306 e. The van der Waals surface area contributed by atoms with Gasteiger partial charge in [-0.05, 0) is 45.2 Å². The Morgan fingerprint density at radius 3 is 2.36 bits per heavy atom. The molecule has 0 heterocycles. The molecule has 0 spiro atoms. The molecular weight excluding hydrogens is 384 g/mol. The molecule has 9 heteroatoms. The van der Waals surface area contributed by atoms with E-state index in [2.05, 4.69) is 5.32 Å². The van der Waals surface area contributed by atoms with Crippen LogP contribution in [0.2, 0.25) is 0 Å². The SMILES string of the molecule is CC(=O)c1ccc(S(=O)(=O)N(C)CCCC(=O)O[C@H](C)C(=O)NC2CC2)cc1. The molecule has 1 aromatic rings. The summed E-state index contributed by atoms with van der Waals surface area (Å²) < 4.78 is 31.3. The highest BCUT2D eigenvalue weighted by atomic mass is 32.2. The number of carbonyl (C=O) groups is 3. The van der Waals surface area contributed by atoms with E-state index in [0.717, 1.165) is 17.1 Å². The van der Waals surface area contributed by atoms with Gasteiger partial charge in [-0.3, -0.25) is 14.4 Å². The fraction of sp³-hybridized carbons (Fsp3) is 0.526. The Balaban J connectivity index is 1.79. The standard InChI is InChI=1S/C19H26N2O6S/c1-13(22)15-6-10-17(11-7-15)28(25,26)21(3)12-4-5-18(23)27-14(2)19(24)20-16-8-9-16/h6-7,10-11,14,16H,4-5,8-9,12H2,1-3H3,(H,20,24)/t14-/m1/s1. The van der Waals surface area contributed by atoms with Crippen molar-refractivity contribution in [2.45, 2.75) is 56.6 Å². The molecule has 1 amide bonds. The predicted octanol–water partition coefficient (Wildman–Crippen LogP) is 1.50. The Morgan fingerprint density at radius 2 is 1.82 bits per heavy atom. The van der Waals surface area contributed by atoms with Gasteiger partial charge in [-0.2, -0.15) is 0 Å². The minimum absolute atomic E-state index is 0.00415. The minimum Gasteiger partial charge on any atom is -0.453 e. The van der Waals surface area contributed by atoms with E-state index in [9.17, 15) is 22.8 Å². The summed E-state index contributed by atoms with van der Waals surface area (Å²) in [6.45, 7) is 3.04. The molecule has 0 radical (unpaired) electrons. The fourth-order valence-electron chi connectivity index (χ4n) is 2.46. The molecule has 0 aromatic heterocycles. The molecule has 0 bridgehead atoms. The van der Waals surface area contributed by atoms with Gasteiger partial charge >= 0.3 is 5.97 Å². The van der Waals surface area contributed by atoms with E-state index in [1.54, 1.807) is 0 Å². The Morgan fingerprint density at radius 1 is 1.21 bits per heavy atom. The predicted molar refractivity (Wildman–Crippen MR) is 102 cm³/mol. The second-order valence-electron chi connectivity index (χ2n) is 6.93. The molecule has 0 saturated heterocycles. The number of ketones is 1. The van der Waals surface area contributed by atoms with Crippen LogP contribution in [0, 0.1) is 0 Å². The minimum atomic E-state index is -3.72. The zero-order valence-corrected chi connectivity index (χ0v) is 17.1. The summed E-state index contributed by atoms with van der Waals surface area (Å²) in [7, 11) is -2.29. The maximum atomic E-state index is 12.5. The van der Waals surface area contributed by atoms with Crippen LogP contribution in [0.3, 0.4) is 0 Å². The van der Waals surface area contributed by atoms with Crippen LogP contribution in [-0.2, 0) is 24.3 Å². The summed E-state index contributed by atoms with van der Waals surface area (Å²) in [4.78, 5) is 35.0. The van der Waals surface area contributed by atoms with Crippen molar-refractivity contribution in [3.63, 3.8) is 0 Å². The van der Waals surface area contributed by atoms with Crippen molar-refractivity contribution in [2.24, 2.45) is 0 Å². The topological polar surface area (TPSA) is 110 Å². The average Bonchev–Trinajstić information content (AvgIpc) is 3.45. The second-order valence-corrected chi connectivity index (χ2v) is 8.97. The first-order valence-electron chi connectivity index (χ1n) is 9.18. The molecular formula is C19H26N2O6S. The van der Waals surface area contributed by atoms with Crippen LogP contribution in [0.5, 0.6) is 0 Å². The van der Waals surface area contributed by atoms with Crippen molar-refractivity contribution >= 4 is 27.7 Å². The lowest BCUT2D eigenvalue weighted by Crippen LogP contribution is -2.37. The summed E-state index contributed by atoms with van der Waals surface area (Å²) >= 11 is 0. The van der Waals surface area contributed by atoms with Gasteiger partial charge in [-0.1, -0.05) is 12.1 Å². The Kier molecular flexibility index (Phi) is 7.31. The fourth-order valence-corrected chi connectivity index (χ4v) is 3.67. The number of esters is 1. The first-order chi connectivity index (χ1) is 13.1. The molecule has 1 aromatic carbocycles. The lowest BCUT2D eigenvalue weighted by Gasteiger charge is -2.17. The smallest absolute Gasteiger partial charge is 0.306 e. The monoisotopic (exact) mass is 410 g/mol. The van der Waals surface area contributed by atoms with Crippen LogP contribution in [-0.4, -0.2) is 56.1 Å². The zero-order chi connectivity index (χ0) is 20.9. The molecule has 0 unspecified atom stereocenters. The molecule has 1 fully saturated rings. The number of Topliss-reactive ketones (excluding diaryl/α,β-unsaturated/α-hetero) is 1. The zero-order valence-electron chi connectivity index (χ0n) is 16.3. The number of carbonyl (C=O) groups excluding carboxylic acids is 3. The molecule has 2 rings (SSSR count). The number of nitrogens with zero attached hydrogens (tertiary/aromatic N) is 1. The molecule has 1 atom stereocenters. The number of amides is 1. The van der Waals surface area contributed by atoms with Gasteiger partial charge in [0.1, 0.15) is 0 Å². The largest absolute Gasteiger partial charge is 0.453 e. The third kappa shape index (κ3) is 6.13. The second kappa shape index (κ2) is 9.29. The lowest BCUT2D eigenvalue weighted by atomic mass is 10.2. The first kappa shape index (κ1) is 22.0. The number of ether oxygens (including phenoxy) is 1. The van der Waals surface area contributed by atoms with Gasteiger partial charge in [0.2, 0.25) is 10.0 Å². The van der Waals surface area contributed by atoms with Crippen molar-refractivity contribution in [1.29, 1.82) is 0 Å².